The average molecular weight is 528 g/mol. The van der Waals surface area contributed by atoms with Crippen LogP contribution in [-0.2, 0) is 16.2 Å². The number of likely N-dealkylation sites (tertiary alicyclic amines) is 1. The van der Waals surface area contributed by atoms with Crippen molar-refractivity contribution in [3.8, 4) is 0 Å². The lowest BCUT2D eigenvalue weighted by Gasteiger charge is -2.43. The van der Waals surface area contributed by atoms with Crippen LogP contribution in [0.15, 0.2) is 35.4 Å². The molecule has 13 heteroatoms. The van der Waals surface area contributed by atoms with Gasteiger partial charge in [-0.05, 0) is 30.7 Å². The number of aliphatic hydroxyl groups is 2. The van der Waals surface area contributed by atoms with Crippen LogP contribution in [-0.4, -0.2) is 47.7 Å². The molecule has 1 aromatic heterocycles. The van der Waals surface area contributed by atoms with Crippen LogP contribution in [0.2, 0.25) is 10.0 Å². The molecule has 1 fully saturated rings. The van der Waals surface area contributed by atoms with E-state index in [-0.39, 0.29) is 22.9 Å². The molecule has 0 bridgehead atoms. The zero-order chi connectivity index (χ0) is 24.8. The molecular formula is C20H22Cl2F3N3O4S. The highest BCUT2D eigenvalue weighted by Crippen LogP contribution is 2.38. The Bertz CT molecular complexity index is 1150. The molecule has 1 aliphatic heterocycles. The van der Waals surface area contributed by atoms with E-state index < -0.39 is 49.4 Å². The molecule has 0 amide bonds. The van der Waals surface area contributed by atoms with Crippen LogP contribution >= 0.6 is 23.2 Å². The second-order valence-electron chi connectivity index (χ2n) is 8.47. The van der Waals surface area contributed by atoms with Gasteiger partial charge in [-0.3, -0.25) is 14.6 Å². The molecular weight excluding hydrogens is 506 g/mol. The number of rotatable bonds is 5. The van der Waals surface area contributed by atoms with Crippen LogP contribution in [0.1, 0.15) is 37.8 Å². The Balaban J connectivity index is 1.96. The number of nitrogens with zero attached hydrogens (tertiary/aromatic N) is 2. The highest BCUT2D eigenvalue weighted by Gasteiger charge is 2.38. The van der Waals surface area contributed by atoms with Crippen molar-refractivity contribution in [3.05, 3.63) is 51.8 Å². The highest BCUT2D eigenvalue weighted by molar-refractivity contribution is 7.92. The quantitative estimate of drug-likeness (QED) is 0.535. The Morgan fingerprint density at radius 2 is 1.94 bits per heavy atom. The minimum Gasteiger partial charge on any atom is -0.392 e. The van der Waals surface area contributed by atoms with Crippen LogP contribution in [0.4, 0.5) is 18.9 Å². The first-order valence-electron chi connectivity index (χ1n) is 9.77. The minimum atomic E-state index is -4.85. The second-order valence-corrected chi connectivity index (χ2v) is 11.0. The Labute approximate surface area is 199 Å². The number of nitrogens with one attached hydrogen (secondary N) is 1. The van der Waals surface area contributed by atoms with Crippen LogP contribution in [0, 0.1) is 5.41 Å². The molecule has 3 N–H and O–H groups in total. The molecule has 0 spiro atoms. The van der Waals surface area contributed by atoms with E-state index in [0.29, 0.717) is 19.0 Å². The maximum Gasteiger partial charge on any atom is 0.417 e. The maximum absolute atomic E-state index is 13.2. The van der Waals surface area contributed by atoms with E-state index in [1.165, 1.54) is 12.3 Å². The molecule has 2 unspecified atom stereocenters. The van der Waals surface area contributed by atoms with Gasteiger partial charge in [0, 0.05) is 24.7 Å². The largest absolute Gasteiger partial charge is 0.417 e. The molecule has 0 radical (unpaired) electrons. The summed E-state index contributed by atoms with van der Waals surface area (Å²) in [6, 6.07) is 3.40. The van der Waals surface area contributed by atoms with Gasteiger partial charge in [-0.25, -0.2) is 8.42 Å². The lowest BCUT2D eigenvalue weighted by molar-refractivity contribution is -0.137. The number of halogens is 5. The van der Waals surface area contributed by atoms with Gasteiger partial charge >= 0.3 is 6.18 Å². The minimum absolute atomic E-state index is 0.0464. The van der Waals surface area contributed by atoms with Gasteiger partial charge in [0.15, 0.2) is 6.23 Å². The summed E-state index contributed by atoms with van der Waals surface area (Å²) in [6.45, 7) is 4.26. The number of sulfonamides is 1. The van der Waals surface area contributed by atoms with Crippen molar-refractivity contribution >= 4 is 38.9 Å². The van der Waals surface area contributed by atoms with Crippen molar-refractivity contribution < 1.29 is 31.8 Å². The fourth-order valence-electron chi connectivity index (χ4n) is 3.60. The lowest BCUT2D eigenvalue weighted by Crippen LogP contribution is -2.49. The predicted molar refractivity (Wildman–Crippen MR) is 117 cm³/mol. The summed E-state index contributed by atoms with van der Waals surface area (Å²) in [5, 5.41) is 20.5. The summed E-state index contributed by atoms with van der Waals surface area (Å²) < 4.78 is 67.5. The Hall–Kier alpha value is -1.63. The fourth-order valence-corrected chi connectivity index (χ4v) is 5.07. The molecule has 3 rings (SSSR count). The van der Waals surface area contributed by atoms with Gasteiger partial charge in [-0.1, -0.05) is 37.0 Å². The first-order chi connectivity index (χ1) is 15.1. The molecule has 1 aromatic carbocycles. The van der Waals surface area contributed by atoms with E-state index in [1.807, 2.05) is 13.8 Å². The van der Waals surface area contributed by atoms with E-state index in [9.17, 15) is 31.8 Å². The summed E-state index contributed by atoms with van der Waals surface area (Å²) in [4.78, 5) is 4.99. The number of alkyl halides is 3. The van der Waals surface area contributed by atoms with Crippen molar-refractivity contribution in [1.29, 1.82) is 0 Å². The van der Waals surface area contributed by atoms with Crippen molar-refractivity contribution in [3.63, 3.8) is 0 Å². The van der Waals surface area contributed by atoms with E-state index in [4.69, 9.17) is 23.2 Å². The van der Waals surface area contributed by atoms with E-state index in [2.05, 4.69) is 9.71 Å². The Morgan fingerprint density at radius 1 is 1.27 bits per heavy atom. The summed E-state index contributed by atoms with van der Waals surface area (Å²) >= 11 is 11.5. The van der Waals surface area contributed by atoms with Crippen molar-refractivity contribution in [1.82, 2.24) is 9.88 Å². The molecule has 2 heterocycles. The third kappa shape index (κ3) is 5.72. The predicted octanol–water partition coefficient (Wildman–Crippen LogP) is 4.29. The second kappa shape index (κ2) is 9.20. The first-order valence-corrected chi connectivity index (χ1v) is 12.0. The van der Waals surface area contributed by atoms with E-state index in [0.717, 1.165) is 12.1 Å². The molecule has 2 atom stereocenters. The van der Waals surface area contributed by atoms with Crippen LogP contribution < -0.4 is 4.72 Å². The van der Waals surface area contributed by atoms with Gasteiger partial charge in [-0.15, -0.1) is 0 Å². The van der Waals surface area contributed by atoms with Crippen molar-refractivity contribution in [2.24, 2.45) is 5.41 Å². The van der Waals surface area contributed by atoms with E-state index in [1.54, 1.807) is 4.90 Å². The third-order valence-electron chi connectivity index (χ3n) is 5.48. The number of pyridine rings is 1. The van der Waals surface area contributed by atoms with Crippen LogP contribution in [0.25, 0.3) is 0 Å². The molecule has 2 aromatic rings. The normalized spacial score (nSPS) is 20.5. The highest BCUT2D eigenvalue weighted by atomic mass is 35.5. The number of anilines is 1. The van der Waals surface area contributed by atoms with Crippen LogP contribution in [0.5, 0.6) is 0 Å². The standard InChI is InChI=1S/C20H22Cl2F3N3O4S/c1-19(2)10-28(6-5-16(19)29)18(30)17-15(7-11(21)9-26-17)27-33(31,32)12-3-4-14(22)13(8-12)20(23,24)25/h3-4,7-9,16,18,27,29-30H,5-6,10H2,1-2H3. The molecule has 0 aliphatic carbocycles. The Kier molecular flexibility index (Phi) is 7.24. The van der Waals surface area contributed by atoms with E-state index >= 15 is 0 Å². The smallest absolute Gasteiger partial charge is 0.392 e. The zero-order valence-corrected chi connectivity index (χ0v) is 19.9. The van der Waals surface area contributed by atoms with Gasteiger partial charge in [-0.2, -0.15) is 13.2 Å². The van der Waals surface area contributed by atoms with Crippen molar-refractivity contribution in [2.45, 2.75) is 43.7 Å². The molecule has 33 heavy (non-hydrogen) atoms. The summed E-state index contributed by atoms with van der Waals surface area (Å²) in [5.74, 6) is 0. The number of hydrogen-bond acceptors (Lipinski definition) is 6. The van der Waals surface area contributed by atoms with Gasteiger partial charge < -0.3 is 10.2 Å². The summed E-state index contributed by atoms with van der Waals surface area (Å²) in [7, 11) is -4.52. The molecule has 0 saturated carbocycles. The molecule has 182 valence electrons. The number of piperidine rings is 1. The van der Waals surface area contributed by atoms with Gasteiger partial charge in [0.2, 0.25) is 0 Å². The number of benzene rings is 1. The third-order valence-corrected chi connectivity index (χ3v) is 7.38. The lowest BCUT2D eigenvalue weighted by atomic mass is 9.81. The summed E-state index contributed by atoms with van der Waals surface area (Å²) in [5.41, 5.74) is -2.11. The Morgan fingerprint density at radius 3 is 2.55 bits per heavy atom. The molecule has 1 aliphatic rings. The first kappa shape index (κ1) is 26.0. The topological polar surface area (TPSA) is 103 Å². The zero-order valence-electron chi connectivity index (χ0n) is 17.6. The fraction of sp³-hybridized carbons (Fsp3) is 0.450. The molecule has 7 nitrogen and oxygen atoms in total. The van der Waals surface area contributed by atoms with Gasteiger partial charge in [0.25, 0.3) is 10.0 Å². The maximum atomic E-state index is 13.2. The SMILES string of the molecule is CC1(C)CN(C(O)c2ncc(Cl)cc2NS(=O)(=O)c2ccc(Cl)c(C(F)(F)F)c2)CCC1O. The number of aliphatic hydroxyl groups excluding tert-OH is 2. The average Bonchev–Trinajstić information content (AvgIpc) is 2.68. The monoisotopic (exact) mass is 527 g/mol. The number of hydrogen-bond donors (Lipinski definition) is 3. The van der Waals surface area contributed by atoms with Gasteiger partial charge in [0.05, 0.1) is 32.3 Å². The van der Waals surface area contributed by atoms with Crippen LogP contribution in [0.3, 0.4) is 0 Å². The molecule has 1 saturated heterocycles. The number of aromatic nitrogens is 1. The van der Waals surface area contributed by atoms with Gasteiger partial charge in [0.1, 0.15) is 5.69 Å². The van der Waals surface area contributed by atoms with Crippen molar-refractivity contribution in [2.75, 3.05) is 17.8 Å². The summed E-state index contributed by atoms with van der Waals surface area (Å²) in [6.07, 6.45) is -5.20.